The van der Waals surface area contributed by atoms with Gasteiger partial charge >= 0.3 is 0 Å². The molecule has 2 N–H and O–H groups in total. The molecule has 0 saturated heterocycles. The van der Waals surface area contributed by atoms with E-state index in [0.29, 0.717) is 10.8 Å². The Balaban J connectivity index is 1.86. The Morgan fingerprint density at radius 2 is 1.80 bits per heavy atom. The number of benzene rings is 2. The summed E-state index contributed by atoms with van der Waals surface area (Å²) in [6.45, 7) is 0. The molecule has 2 aromatic rings. The number of hydrogen-bond acceptors (Lipinski definition) is 2. The Bertz CT molecular complexity index is 599. The van der Waals surface area contributed by atoms with Gasteiger partial charge in [0.15, 0.2) is 0 Å². The van der Waals surface area contributed by atoms with Crippen LogP contribution in [0.25, 0.3) is 0 Å². The molecule has 0 bridgehead atoms. The van der Waals surface area contributed by atoms with Crippen LogP contribution in [0.15, 0.2) is 48.5 Å². The third kappa shape index (κ3) is 2.67. The standard InChI is InChI=1S/C17H18ClNO/c18-14-9-3-4-10-15(14)20-16-11-5-7-12-6-1-2-8-13(12)17(16)19/h1-4,6,8-10,16-17H,5,7,11,19H2. The van der Waals surface area contributed by atoms with Crippen LogP contribution in [0, 0.1) is 0 Å². The molecule has 2 atom stereocenters. The molecule has 0 spiro atoms. The van der Waals surface area contributed by atoms with E-state index in [1.165, 1.54) is 11.1 Å². The van der Waals surface area contributed by atoms with Gasteiger partial charge < -0.3 is 10.5 Å². The fourth-order valence-electron chi connectivity index (χ4n) is 2.80. The average Bonchev–Trinajstić information content (AvgIpc) is 2.62. The summed E-state index contributed by atoms with van der Waals surface area (Å²) < 4.78 is 6.08. The van der Waals surface area contributed by atoms with Gasteiger partial charge in [0.25, 0.3) is 0 Å². The first-order valence-electron chi connectivity index (χ1n) is 7.00. The number of halogens is 1. The van der Waals surface area contributed by atoms with Crippen molar-refractivity contribution >= 4 is 11.6 Å². The molecule has 20 heavy (non-hydrogen) atoms. The third-order valence-electron chi connectivity index (χ3n) is 3.86. The molecule has 2 unspecified atom stereocenters. The summed E-state index contributed by atoms with van der Waals surface area (Å²) in [7, 11) is 0. The van der Waals surface area contributed by atoms with Crippen molar-refractivity contribution < 1.29 is 4.74 Å². The molecule has 0 amide bonds. The predicted molar refractivity (Wildman–Crippen MR) is 82.2 cm³/mol. The van der Waals surface area contributed by atoms with Crippen molar-refractivity contribution in [2.45, 2.75) is 31.4 Å². The maximum Gasteiger partial charge on any atom is 0.138 e. The fraction of sp³-hybridized carbons (Fsp3) is 0.294. The van der Waals surface area contributed by atoms with E-state index in [-0.39, 0.29) is 12.1 Å². The lowest BCUT2D eigenvalue weighted by atomic mass is 9.98. The van der Waals surface area contributed by atoms with Crippen LogP contribution in [0.3, 0.4) is 0 Å². The summed E-state index contributed by atoms with van der Waals surface area (Å²) in [6.07, 6.45) is 3.06. The number of aryl methyl sites for hydroxylation is 1. The van der Waals surface area contributed by atoms with Gasteiger partial charge in [-0.2, -0.15) is 0 Å². The summed E-state index contributed by atoms with van der Waals surface area (Å²) in [5, 5.41) is 0.636. The van der Waals surface area contributed by atoms with Crippen LogP contribution in [-0.4, -0.2) is 6.10 Å². The van der Waals surface area contributed by atoms with Crippen LogP contribution in [0.2, 0.25) is 5.02 Å². The normalized spacial score (nSPS) is 21.9. The van der Waals surface area contributed by atoms with E-state index in [0.717, 1.165) is 19.3 Å². The zero-order chi connectivity index (χ0) is 13.9. The molecule has 0 fully saturated rings. The molecular formula is C17H18ClNO. The minimum atomic E-state index is -0.107. The highest BCUT2D eigenvalue weighted by Gasteiger charge is 2.26. The number of para-hydroxylation sites is 1. The van der Waals surface area contributed by atoms with E-state index in [1.54, 1.807) is 0 Å². The summed E-state index contributed by atoms with van der Waals surface area (Å²) in [6, 6.07) is 15.8. The second kappa shape index (κ2) is 5.86. The van der Waals surface area contributed by atoms with Gasteiger partial charge in [-0.1, -0.05) is 48.0 Å². The average molecular weight is 288 g/mol. The molecule has 1 aliphatic rings. The van der Waals surface area contributed by atoms with Gasteiger partial charge in [0.2, 0.25) is 0 Å². The first kappa shape index (κ1) is 13.5. The van der Waals surface area contributed by atoms with Crippen LogP contribution in [0.4, 0.5) is 0 Å². The zero-order valence-corrected chi connectivity index (χ0v) is 12.0. The molecule has 1 aliphatic carbocycles. The van der Waals surface area contributed by atoms with Gasteiger partial charge in [0, 0.05) is 0 Å². The minimum Gasteiger partial charge on any atom is -0.487 e. The van der Waals surface area contributed by atoms with E-state index in [4.69, 9.17) is 22.1 Å². The molecule has 3 rings (SSSR count). The van der Waals surface area contributed by atoms with Crippen molar-refractivity contribution in [3.05, 3.63) is 64.7 Å². The lowest BCUT2D eigenvalue weighted by Gasteiger charge is -2.24. The van der Waals surface area contributed by atoms with Crippen molar-refractivity contribution in [2.75, 3.05) is 0 Å². The van der Waals surface area contributed by atoms with E-state index < -0.39 is 0 Å². The van der Waals surface area contributed by atoms with Gasteiger partial charge in [0.1, 0.15) is 11.9 Å². The quantitative estimate of drug-likeness (QED) is 0.843. The van der Waals surface area contributed by atoms with E-state index >= 15 is 0 Å². The third-order valence-corrected chi connectivity index (χ3v) is 4.18. The summed E-state index contributed by atoms with van der Waals surface area (Å²) >= 11 is 6.17. The van der Waals surface area contributed by atoms with E-state index in [9.17, 15) is 0 Å². The number of nitrogens with two attached hydrogens (primary N) is 1. The van der Waals surface area contributed by atoms with Crippen molar-refractivity contribution in [1.82, 2.24) is 0 Å². The molecule has 0 radical (unpaired) electrons. The Morgan fingerprint density at radius 3 is 2.65 bits per heavy atom. The van der Waals surface area contributed by atoms with Gasteiger partial charge in [-0.25, -0.2) is 0 Å². The lowest BCUT2D eigenvalue weighted by Crippen LogP contribution is -2.31. The molecule has 0 aliphatic heterocycles. The summed E-state index contributed by atoms with van der Waals surface area (Å²) in [5.41, 5.74) is 8.95. The molecule has 104 valence electrons. The predicted octanol–water partition coefficient (Wildman–Crippen LogP) is 4.12. The van der Waals surface area contributed by atoms with Crippen molar-refractivity contribution in [3.63, 3.8) is 0 Å². The highest BCUT2D eigenvalue weighted by molar-refractivity contribution is 6.32. The second-order valence-corrected chi connectivity index (χ2v) is 5.61. The van der Waals surface area contributed by atoms with Gasteiger partial charge in [0.05, 0.1) is 11.1 Å². The van der Waals surface area contributed by atoms with Crippen LogP contribution >= 0.6 is 11.6 Å². The van der Waals surface area contributed by atoms with Crippen LogP contribution in [0.5, 0.6) is 5.75 Å². The number of rotatable bonds is 2. The summed E-state index contributed by atoms with van der Waals surface area (Å²) in [4.78, 5) is 0. The smallest absolute Gasteiger partial charge is 0.138 e. The first-order chi connectivity index (χ1) is 9.75. The van der Waals surface area contributed by atoms with Gasteiger partial charge in [-0.15, -0.1) is 0 Å². The molecule has 3 heteroatoms. The lowest BCUT2D eigenvalue weighted by molar-refractivity contribution is 0.162. The van der Waals surface area contributed by atoms with Crippen LogP contribution in [0.1, 0.15) is 30.0 Å². The van der Waals surface area contributed by atoms with Crippen molar-refractivity contribution in [2.24, 2.45) is 5.73 Å². The maximum absolute atomic E-state index is 6.42. The van der Waals surface area contributed by atoms with Crippen LogP contribution in [-0.2, 0) is 6.42 Å². The van der Waals surface area contributed by atoms with Gasteiger partial charge in [-0.05, 0) is 42.5 Å². The van der Waals surface area contributed by atoms with E-state index in [2.05, 4.69) is 18.2 Å². The second-order valence-electron chi connectivity index (χ2n) is 5.20. The molecule has 0 heterocycles. The Morgan fingerprint density at radius 1 is 1.05 bits per heavy atom. The maximum atomic E-state index is 6.42. The van der Waals surface area contributed by atoms with Crippen LogP contribution < -0.4 is 10.5 Å². The highest BCUT2D eigenvalue weighted by Crippen LogP contribution is 2.32. The minimum absolute atomic E-state index is 0.0291. The summed E-state index contributed by atoms with van der Waals surface area (Å²) in [5.74, 6) is 0.717. The molecule has 0 aromatic heterocycles. The number of fused-ring (bicyclic) bond motifs is 1. The zero-order valence-electron chi connectivity index (χ0n) is 11.3. The SMILES string of the molecule is NC1c2ccccc2CCCC1Oc1ccccc1Cl. The molecular weight excluding hydrogens is 270 g/mol. The number of hydrogen-bond donors (Lipinski definition) is 1. The fourth-order valence-corrected chi connectivity index (χ4v) is 2.98. The Kier molecular flexibility index (Phi) is 3.95. The number of ether oxygens (including phenoxy) is 1. The van der Waals surface area contributed by atoms with Gasteiger partial charge in [-0.3, -0.25) is 0 Å². The van der Waals surface area contributed by atoms with E-state index in [1.807, 2.05) is 30.3 Å². The monoisotopic (exact) mass is 287 g/mol. The molecule has 2 aromatic carbocycles. The molecule has 2 nitrogen and oxygen atoms in total. The Hall–Kier alpha value is -1.51. The largest absolute Gasteiger partial charge is 0.487 e. The molecule has 0 saturated carbocycles. The van der Waals surface area contributed by atoms with Crippen molar-refractivity contribution in [3.8, 4) is 5.75 Å². The topological polar surface area (TPSA) is 35.2 Å². The van der Waals surface area contributed by atoms with Crippen molar-refractivity contribution in [1.29, 1.82) is 0 Å². The Labute approximate surface area is 124 Å². The highest BCUT2D eigenvalue weighted by atomic mass is 35.5. The first-order valence-corrected chi connectivity index (χ1v) is 7.38.